The van der Waals surface area contributed by atoms with E-state index in [9.17, 15) is 19.5 Å². The molecular weight excluding hydrogens is 440 g/mol. The molecule has 0 aliphatic carbocycles. The standard InChI is InChI=1S/C24H24N4O4S/c1-27(2)20-13-22(29)28(23(20)30)14-15-5-8-17(9-6-15)25-19-12-16(21-4-3-11-33-21)7-10-18(19)26-24(31)32/h3-12,20,25-26H,13-14H2,1-2H3,(H,31,32). The average Bonchev–Trinajstić information content (AvgIpc) is 3.40. The van der Waals surface area contributed by atoms with Crippen LogP contribution in [0.4, 0.5) is 21.9 Å². The average molecular weight is 465 g/mol. The van der Waals surface area contributed by atoms with Crippen LogP contribution in [0, 0.1) is 0 Å². The molecule has 0 saturated carbocycles. The lowest BCUT2D eigenvalue weighted by Gasteiger charge is -2.19. The molecule has 1 aromatic heterocycles. The summed E-state index contributed by atoms with van der Waals surface area (Å²) in [5.74, 6) is -0.349. The van der Waals surface area contributed by atoms with Crippen molar-refractivity contribution in [3.63, 3.8) is 0 Å². The maximum absolute atomic E-state index is 12.5. The second-order valence-electron chi connectivity index (χ2n) is 7.99. The third kappa shape index (κ3) is 5.05. The van der Waals surface area contributed by atoms with Crippen LogP contribution in [0.25, 0.3) is 10.4 Å². The maximum atomic E-state index is 12.5. The van der Waals surface area contributed by atoms with E-state index in [0.29, 0.717) is 11.4 Å². The molecule has 2 heterocycles. The van der Waals surface area contributed by atoms with E-state index in [1.807, 2.05) is 53.9 Å². The van der Waals surface area contributed by atoms with Crippen molar-refractivity contribution in [2.75, 3.05) is 24.7 Å². The molecular formula is C24H24N4O4S. The number of nitrogens with one attached hydrogen (secondary N) is 2. The molecule has 2 aromatic carbocycles. The Kier molecular flexibility index (Phi) is 6.43. The van der Waals surface area contributed by atoms with Crippen molar-refractivity contribution in [3.8, 4) is 10.4 Å². The fraction of sp³-hybridized carbons (Fsp3) is 0.208. The van der Waals surface area contributed by atoms with Gasteiger partial charge in [0.2, 0.25) is 11.8 Å². The van der Waals surface area contributed by atoms with E-state index in [2.05, 4.69) is 10.6 Å². The first-order valence-electron chi connectivity index (χ1n) is 10.4. The smallest absolute Gasteiger partial charge is 0.409 e. The van der Waals surface area contributed by atoms with Crippen LogP contribution in [0.2, 0.25) is 0 Å². The number of imide groups is 1. The molecule has 9 heteroatoms. The molecule has 8 nitrogen and oxygen atoms in total. The normalized spacial score (nSPS) is 15.8. The van der Waals surface area contributed by atoms with E-state index >= 15 is 0 Å². The van der Waals surface area contributed by atoms with Crippen molar-refractivity contribution in [2.24, 2.45) is 0 Å². The zero-order chi connectivity index (χ0) is 23.5. The second kappa shape index (κ2) is 9.43. The Morgan fingerprint density at radius 2 is 1.88 bits per heavy atom. The van der Waals surface area contributed by atoms with Gasteiger partial charge in [0, 0.05) is 10.6 Å². The van der Waals surface area contributed by atoms with E-state index in [1.165, 1.54) is 4.90 Å². The number of thiophene rings is 1. The third-order valence-electron chi connectivity index (χ3n) is 5.48. The number of benzene rings is 2. The Labute approximate surface area is 195 Å². The quantitative estimate of drug-likeness (QED) is 0.447. The van der Waals surface area contributed by atoms with Gasteiger partial charge < -0.3 is 10.4 Å². The minimum atomic E-state index is -1.15. The fourth-order valence-electron chi connectivity index (χ4n) is 3.73. The van der Waals surface area contributed by atoms with Gasteiger partial charge in [-0.25, -0.2) is 4.79 Å². The SMILES string of the molecule is CN(C)C1CC(=O)N(Cc2ccc(Nc3cc(-c4cccs4)ccc3NC(=O)O)cc2)C1=O. The van der Waals surface area contributed by atoms with E-state index < -0.39 is 12.1 Å². The maximum Gasteiger partial charge on any atom is 0.409 e. The van der Waals surface area contributed by atoms with Crippen molar-refractivity contribution < 1.29 is 19.5 Å². The van der Waals surface area contributed by atoms with Crippen LogP contribution in [-0.4, -0.2) is 53.0 Å². The first kappa shape index (κ1) is 22.5. The lowest BCUT2D eigenvalue weighted by molar-refractivity contribution is -0.140. The monoisotopic (exact) mass is 464 g/mol. The van der Waals surface area contributed by atoms with Crippen LogP contribution in [0.15, 0.2) is 60.0 Å². The van der Waals surface area contributed by atoms with Gasteiger partial charge in [-0.05, 0) is 60.9 Å². The molecule has 4 rings (SSSR count). The predicted molar refractivity (Wildman–Crippen MR) is 129 cm³/mol. The van der Waals surface area contributed by atoms with Gasteiger partial charge >= 0.3 is 6.09 Å². The number of likely N-dealkylation sites (N-methyl/N-ethyl adjacent to an activating group) is 1. The van der Waals surface area contributed by atoms with Crippen molar-refractivity contribution in [1.82, 2.24) is 9.80 Å². The van der Waals surface area contributed by atoms with Crippen LogP contribution in [0.5, 0.6) is 0 Å². The van der Waals surface area contributed by atoms with E-state index in [1.54, 1.807) is 36.4 Å². The molecule has 1 fully saturated rings. The summed E-state index contributed by atoms with van der Waals surface area (Å²) in [6.45, 7) is 0.224. The van der Waals surface area contributed by atoms with Crippen LogP contribution in [0.3, 0.4) is 0 Å². The van der Waals surface area contributed by atoms with Crippen molar-refractivity contribution in [2.45, 2.75) is 19.0 Å². The van der Waals surface area contributed by atoms with E-state index in [-0.39, 0.29) is 24.8 Å². The Bertz CT molecular complexity index is 1180. The summed E-state index contributed by atoms with van der Waals surface area (Å²) in [6, 6.07) is 16.4. The van der Waals surface area contributed by atoms with Gasteiger partial charge in [-0.3, -0.25) is 24.7 Å². The number of likely N-dealkylation sites (tertiary alicyclic amines) is 1. The highest BCUT2D eigenvalue weighted by atomic mass is 32.1. The molecule has 170 valence electrons. The molecule has 3 aromatic rings. The molecule has 3 N–H and O–H groups in total. The van der Waals surface area contributed by atoms with Gasteiger partial charge in [-0.1, -0.05) is 24.3 Å². The molecule has 3 amide bonds. The highest BCUT2D eigenvalue weighted by Crippen LogP contribution is 2.33. The number of carbonyl (C=O) groups is 3. The van der Waals surface area contributed by atoms with E-state index in [4.69, 9.17) is 0 Å². The molecule has 0 radical (unpaired) electrons. The minimum Gasteiger partial charge on any atom is -0.465 e. The van der Waals surface area contributed by atoms with Gasteiger partial charge in [0.25, 0.3) is 0 Å². The van der Waals surface area contributed by atoms with Gasteiger partial charge in [0.1, 0.15) is 0 Å². The largest absolute Gasteiger partial charge is 0.465 e. The first-order chi connectivity index (χ1) is 15.8. The molecule has 0 bridgehead atoms. The highest BCUT2D eigenvalue weighted by molar-refractivity contribution is 7.13. The summed E-state index contributed by atoms with van der Waals surface area (Å²) in [7, 11) is 3.58. The van der Waals surface area contributed by atoms with Crippen molar-refractivity contribution >= 4 is 46.3 Å². The summed E-state index contributed by atoms with van der Waals surface area (Å²) >= 11 is 1.60. The fourth-order valence-corrected chi connectivity index (χ4v) is 4.46. The first-order valence-corrected chi connectivity index (χ1v) is 11.2. The zero-order valence-electron chi connectivity index (χ0n) is 18.2. The number of carboxylic acid groups (broad SMARTS) is 1. The predicted octanol–water partition coefficient (Wildman–Crippen LogP) is 4.44. The summed E-state index contributed by atoms with van der Waals surface area (Å²) in [4.78, 5) is 40.2. The van der Waals surface area contributed by atoms with Gasteiger partial charge in [-0.15, -0.1) is 11.3 Å². The Hall–Kier alpha value is -3.69. The Morgan fingerprint density at radius 1 is 1.12 bits per heavy atom. The molecule has 1 atom stereocenters. The number of hydrogen-bond donors (Lipinski definition) is 3. The third-order valence-corrected chi connectivity index (χ3v) is 6.40. The summed E-state index contributed by atoms with van der Waals surface area (Å²) in [5, 5.41) is 16.9. The Morgan fingerprint density at radius 3 is 2.48 bits per heavy atom. The zero-order valence-corrected chi connectivity index (χ0v) is 19.1. The number of anilines is 3. The molecule has 33 heavy (non-hydrogen) atoms. The number of nitrogens with zero attached hydrogens (tertiary/aromatic N) is 2. The molecule has 1 unspecified atom stereocenters. The lowest BCUT2D eigenvalue weighted by Crippen LogP contribution is -2.37. The van der Waals surface area contributed by atoms with Crippen LogP contribution >= 0.6 is 11.3 Å². The molecule has 1 aliphatic rings. The Balaban J connectivity index is 1.52. The molecule has 1 aliphatic heterocycles. The van der Waals surface area contributed by atoms with Gasteiger partial charge in [0.15, 0.2) is 0 Å². The number of carbonyl (C=O) groups excluding carboxylic acids is 2. The minimum absolute atomic E-state index is 0.171. The topological polar surface area (TPSA) is 102 Å². The van der Waals surface area contributed by atoms with Crippen LogP contribution in [0.1, 0.15) is 12.0 Å². The van der Waals surface area contributed by atoms with E-state index in [0.717, 1.165) is 21.7 Å². The van der Waals surface area contributed by atoms with Crippen molar-refractivity contribution in [3.05, 3.63) is 65.5 Å². The molecule has 0 spiro atoms. The summed E-state index contributed by atoms with van der Waals surface area (Å²) in [5.41, 5.74) is 3.62. The summed E-state index contributed by atoms with van der Waals surface area (Å²) < 4.78 is 0. The number of rotatable bonds is 7. The van der Waals surface area contributed by atoms with Crippen molar-refractivity contribution in [1.29, 1.82) is 0 Å². The van der Waals surface area contributed by atoms with Gasteiger partial charge in [0.05, 0.1) is 30.4 Å². The second-order valence-corrected chi connectivity index (χ2v) is 8.94. The van der Waals surface area contributed by atoms with Crippen LogP contribution in [-0.2, 0) is 16.1 Å². The van der Waals surface area contributed by atoms with Crippen LogP contribution < -0.4 is 10.6 Å². The van der Waals surface area contributed by atoms with Gasteiger partial charge in [-0.2, -0.15) is 0 Å². The lowest BCUT2D eigenvalue weighted by atomic mass is 10.1. The highest BCUT2D eigenvalue weighted by Gasteiger charge is 2.39. The number of amides is 3. The number of hydrogen-bond acceptors (Lipinski definition) is 6. The summed E-state index contributed by atoms with van der Waals surface area (Å²) in [6.07, 6.45) is -0.945. The molecule has 1 saturated heterocycles.